The van der Waals surface area contributed by atoms with Crippen LogP contribution in [-0.2, 0) is 7.05 Å². The van der Waals surface area contributed by atoms with Gasteiger partial charge in [0.05, 0.1) is 12.0 Å². The van der Waals surface area contributed by atoms with Crippen LogP contribution in [0.5, 0.6) is 11.5 Å². The number of aryl methyl sites for hydroxylation is 1. The number of para-hydroxylation sites is 1. The van der Waals surface area contributed by atoms with E-state index in [0.717, 1.165) is 0 Å². The van der Waals surface area contributed by atoms with Crippen molar-refractivity contribution in [2.45, 2.75) is 6.92 Å². The lowest BCUT2D eigenvalue weighted by Crippen LogP contribution is -2.00. The third-order valence-electron chi connectivity index (χ3n) is 3.86. The van der Waals surface area contributed by atoms with E-state index in [1.165, 1.54) is 29.8 Å². The second kappa shape index (κ2) is 6.63. The molecule has 0 atom stereocenters. The third-order valence-corrected chi connectivity index (χ3v) is 3.86. The van der Waals surface area contributed by atoms with Gasteiger partial charge in [-0.15, -0.1) is 0 Å². The zero-order chi connectivity index (χ0) is 18.8. The van der Waals surface area contributed by atoms with Gasteiger partial charge in [-0.2, -0.15) is 0 Å². The Morgan fingerprint density at radius 2 is 1.73 bits per heavy atom. The molecule has 0 aliphatic carbocycles. The maximum absolute atomic E-state index is 11.5. The van der Waals surface area contributed by atoms with Gasteiger partial charge >= 0.3 is 11.5 Å². The molecule has 2 aromatic carbocycles. The maximum Gasteiger partial charge on any atom is 0.350 e. The molecule has 3 aromatic rings. The topological polar surface area (TPSA) is 113 Å². The van der Waals surface area contributed by atoms with Crippen molar-refractivity contribution in [3.05, 3.63) is 74.6 Å². The van der Waals surface area contributed by atoms with Crippen molar-refractivity contribution in [1.29, 1.82) is 0 Å². The summed E-state index contributed by atoms with van der Waals surface area (Å²) < 4.78 is 6.90. The second-order valence-corrected chi connectivity index (χ2v) is 5.50. The third kappa shape index (κ3) is 3.09. The SMILES string of the molecule is Cc1nc(-c2ccc(Oc3ccccc3)c([N+](=O)[O-])c2)c([N+](=O)[O-])n1C. The van der Waals surface area contributed by atoms with Gasteiger partial charge in [0.1, 0.15) is 5.75 Å². The molecule has 0 aliphatic rings. The number of benzene rings is 2. The van der Waals surface area contributed by atoms with Gasteiger partial charge in [0.25, 0.3) is 0 Å². The van der Waals surface area contributed by atoms with Crippen LogP contribution in [0.1, 0.15) is 5.82 Å². The number of rotatable bonds is 5. The smallest absolute Gasteiger partial charge is 0.350 e. The normalized spacial score (nSPS) is 10.5. The van der Waals surface area contributed by atoms with Crippen LogP contribution in [0.4, 0.5) is 11.5 Å². The fraction of sp³-hybridized carbons (Fsp3) is 0.118. The number of imidazole rings is 1. The number of nitrogens with zero attached hydrogens (tertiary/aromatic N) is 4. The van der Waals surface area contributed by atoms with E-state index in [9.17, 15) is 20.2 Å². The highest BCUT2D eigenvalue weighted by atomic mass is 16.6. The molecule has 26 heavy (non-hydrogen) atoms. The van der Waals surface area contributed by atoms with E-state index in [-0.39, 0.29) is 28.5 Å². The molecule has 0 N–H and O–H groups in total. The second-order valence-electron chi connectivity index (χ2n) is 5.50. The minimum atomic E-state index is -0.594. The van der Waals surface area contributed by atoms with Crippen LogP contribution >= 0.6 is 0 Å². The zero-order valence-electron chi connectivity index (χ0n) is 13.9. The van der Waals surface area contributed by atoms with Gasteiger partial charge in [-0.1, -0.05) is 18.2 Å². The van der Waals surface area contributed by atoms with Crippen LogP contribution in [0.3, 0.4) is 0 Å². The van der Waals surface area contributed by atoms with Crippen molar-refractivity contribution in [2.75, 3.05) is 0 Å². The molecule has 1 heterocycles. The molecule has 1 aromatic heterocycles. The Hall–Kier alpha value is -3.75. The van der Waals surface area contributed by atoms with Crippen LogP contribution in [0, 0.1) is 27.2 Å². The van der Waals surface area contributed by atoms with Gasteiger partial charge in [0.2, 0.25) is 5.75 Å². The van der Waals surface area contributed by atoms with Crippen LogP contribution in [0.15, 0.2) is 48.5 Å². The Morgan fingerprint density at radius 3 is 2.35 bits per heavy atom. The quantitative estimate of drug-likeness (QED) is 0.505. The molecule has 132 valence electrons. The highest BCUT2D eigenvalue weighted by Gasteiger charge is 2.26. The first kappa shape index (κ1) is 17.1. The number of nitro benzene ring substituents is 1. The molecule has 0 aliphatic heterocycles. The fourth-order valence-corrected chi connectivity index (χ4v) is 2.51. The molecule has 0 amide bonds. The van der Waals surface area contributed by atoms with Gasteiger partial charge in [-0.25, -0.2) is 9.55 Å². The summed E-state index contributed by atoms with van der Waals surface area (Å²) in [6.45, 7) is 1.62. The number of aromatic nitrogens is 2. The van der Waals surface area contributed by atoms with E-state index in [1.54, 1.807) is 37.3 Å². The van der Waals surface area contributed by atoms with Crippen molar-refractivity contribution in [3.8, 4) is 22.8 Å². The summed E-state index contributed by atoms with van der Waals surface area (Å²) in [6, 6.07) is 12.8. The first-order valence-electron chi connectivity index (χ1n) is 7.58. The summed E-state index contributed by atoms with van der Waals surface area (Å²) in [5.74, 6) is 0.691. The van der Waals surface area contributed by atoms with Gasteiger partial charge in [0, 0.05) is 18.6 Å². The number of hydrogen-bond acceptors (Lipinski definition) is 6. The minimum absolute atomic E-state index is 0.0419. The van der Waals surface area contributed by atoms with Gasteiger partial charge in [-0.3, -0.25) is 10.1 Å². The van der Waals surface area contributed by atoms with Crippen molar-refractivity contribution >= 4 is 11.5 Å². The average molecular weight is 354 g/mol. The summed E-state index contributed by atoms with van der Waals surface area (Å²) in [5.41, 5.74) is 0.0424. The van der Waals surface area contributed by atoms with Crippen molar-refractivity contribution < 1.29 is 14.6 Å². The number of hydrogen-bond donors (Lipinski definition) is 0. The highest BCUT2D eigenvalue weighted by molar-refractivity contribution is 5.72. The minimum Gasteiger partial charge on any atom is -0.450 e. The molecular formula is C17H14N4O5. The Bertz CT molecular complexity index is 998. The summed E-state index contributed by atoms with van der Waals surface area (Å²) in [5, 5.41) is 22.8. The molecule has 9 nitrogen and oxygen atoms in total. The van der Waals surface area contributed by atoms with Crippen LogP contribution in [0.2, 0.25) is 0 Å². The van der Waals surface area contributed by atoms with Gasteiger partial charge in [-0.05, 0) is 29.2 Å². The predicted molar refractivity (Wildman–Crippen MR) is 93.2 cm³/mol. The first-order valence-corrected chi connectivity index (χ1v) is 7.58. The molecule has 0 unspecified atom stereocenters. The van der Waals surface area contributed by atoms with Crippen LogP contribution in [-0.4, -0.2) is 19.4 Å². The van der Waals surface area contributed by atoms with E-state index in [2.05, 4.69) is 4.98 Å². The molecule has 0 saturated carbocycles. The van der Waals surface area contributed by atoms with Crippen molar-refractivity contribution in [2.24, 2.45) is 7.05 Å². The lowest BCUT2D eigenvalue weighted by molar-refractivity contribution is -0.391. The van der Waals surface area contributed by atoms with Gasteiger partial charge in [0.15, 0.2) is 11.5 Å². The lowest BCUT2D eigenvalue weighted by atomic mass is 10.1. The molecule has 0 radical (unpaired) electrons. The van der Waals surface area contributed by atoms with E-state index in [4.69, 9.17) is 4.74 Å². The molecular weight excluding hydrogens is 340 g/mol. The van der Waals surface area contributed by atoms with E-state index in [0.29, 0.717) is 11.6 Å². The van der Waals surface area contributed by atoms with E-state index >= 15 is 0 Å². The molecule has 9 heteroatoms. The summed E-state index contributed by atoms with van der Waals surface area (Å²) >= 11 is 0. The molecule has 0 bridgehead atoms. The maximum atomic E-state index is 11.5. The Kier molecular flexibility index (Phi) is 4.36. The predicted octanol–water partition coefficient (Wildman–Crippen LogP) is 4.00. The summed E-state index contributed by atoms with van der Waals surface area (Å²) in [6.07, 6.45) is 0. The standard InChI is InChI=1S/C17H14N4O5/c1-11-18-16(17(19(11)2)21(24)25)12-8-9-15(14(10-12)20(22)23)26-13-6-4-3-5-7-13/h3-10H,1-2H3. The average Bonchev–Trinajstić information content (AvgIpc) is 2.91. The van der Waals surface area contributed by atoms with Crippen LogP contribution in [0.25, 0.3) is 11.3 Å². The monoisotopic (exact) mass is 354 g/mol. The largest absolute Gasteiger partial charge is 0.450 e. The van der Waals surface area contributed by atoms with E-state index < -0.39 is 9.85 Å². The molecule has 0 spiro atoms. The van der Waals surface area contributed by atoms with E-state index in [1.807, 2.05) is 0 Å². The lowest BCUT2D eigenvalue weighted by Gasteiger charge is -2.07. The Balaban J connectivity index is 2.09. The fourth-order valence-electron chi connectivity index (χ4n) is 2.51. The zero-order valence-corrected chi connectivity index (χ0v) is 13.9. The Morgan fingerprint density at radius 1 is 1.04 bits per heavy atom. The molecule has 3 rings (SSSR count). The summed E-state index contributed by atoms with van der Waals surface area (Å²) in [4.78, 5) is 25.8. The summed E-state index contributed by atoms with van der Waals surface area (Å²) in [7, 11) is 1.52. The van der Waals surface area contributed by atoms with Crippen LogP contribution < -0.4 is 4.74 Å². The first-order chi connectivity index (χ1) is 12.4. The van der Waals surface area contributed by atoms with Crippen molar-refractivity contribution in [1.82, 2.24) is 9.55 Å². The molecule has 0 fully saturated rings. The number of nitro groups is 2. The molecule has 0 saturated heterocycles. The highest BCUT2D eigenvalue weighted by Crippen LogP contribution is 2.37. The Labute approximate surface area is 147 Å². The number of ether oxygens (including phenoxy) is 1. The van der Waals surface area contributed by atoms with Crippen molar-refractivity contribution in [3.63, 3.8) is 0 Å². The van der Waals surface area contributed by atoms with Gasteiger partial charge < -0.3 is 14.9 Å².